The summed E-state index contributed by atoms with van der Waals surface area (Å²) in [5.41, 5.74) is 1.36. The molecule has 18 heavy (non-hydrogen) atoms. The number of ether oxygens (including phenoxy) is 1. The molecule has 1 N–H and O–H groups in total. The Labute approximate surface area is 111 Å². The van der Waals surface area contributed by atoms with Gasteiger partial charge in [0.1, 0.15) is 0 Å². The molecule has 0 saturated heterocycles. The van der Waals surface area contributed by atoms with E-state index in [-0.39, 0.29) is 0 Å². The lowest BCUT2D eigenvalue weighted by molar-refractivity contribution is 0.210. The van der Waals surface area contributed by atoms with Gasteiger partial charge in [-0.2, -0.15) is 5.10 Å². The van der Waals surface area contributed by atoms with Crippen LogP contribution in [0.25, 0.3) is 0 Å². The summed E-state index contributed by atoms with van der Waals surface area (Å²) in [6.07, 6.45) is 7.07. The minimum absolute atomic E-state index is 0.624. The van der Waals surface area contributed by atoms with Crippen LogP contribution in [0.5, 0.6) is 0 Å². The van der Waals surface area contributed by atoms with Crippen LogP contribution >= 0.6 is 0 Å². The van der Waals surface area contributed by atoms with Crippen LogP contribution in [0.15, 0.2) is 6.20 Å². The Morgan fingerprint density at radius 2 is 2.00 bits per heavy atom. The van der Waals surface area contributed by atoms with Gasteiger partial charge in [-0.25, -0.2) is 0 Å². The van der Waals surface area contributed by atoms with Crippen LogP contribution < -0.4 is 5.32 Å². The Morgan fingerprint density at radius 3 is 2.56 bits per heavy atom. The van der Waals surface area contributed by atoms with Crippen LogP contribution in [0.1, 0.15) is 51.0 Å². The fourth-order valence-corrected chi connectivity index (χ4v) is 2.37. The molecule has 4 heteroatoms. The number of nitrogens with one attached hydrogen (secondary N) is 1. The second-order valence-corrected chi connectivity index (χ2v) is 4.80. The van der Waals surface area contributed by atoms with E-state index in [0.717, 1.165) is 12.4 Å². The molecular weight excluding hydrogens is 226 g/mol. The van der Waals surface area contributed by atoms with Crippen LogP contribution in [-0.4, -0.2) is 30.0 Å². The van der Waals surface area contributed by atoms with Crippen molar-refractivity contribution in [2.24, 2.45) is 7.05 Å². The van der Waals surface area contributed by atoms with Gasteiger partial charge in [0.15, 0.2) is 5.82 Å². The van der Waals surface area contributed by atoms with E-state index >= 15 is 0 Å². The highest BCUT2D eigenvalue weighted by molar-refractivity contribution is 5.45. The number of methoxy groups -OCH3 is 1. The van der Waals surface area contributed by atoms with E-state index in [1.165, 1.54) is 31.2 Å². The van der Waals surface area contributed by atoms with Crippen molar-refractivity contribution in [1.82, 2.24) is 9.78 Å². The Kier molecular flexibility index (Phi) is 6.80. The molecule has 0 saturated carbocycles. The molecule has 4 nitrogen and oxygen atoms in total. The average Bonchev–Trinajstić information content (AvgIpc) is 2.71. The van der Waals surface area contributed by atoms with Gasteiger partial charge in [-0.15, -0.1) is 0 Å². The Bertz CT molecular complexity index is 330. The molecule has 0 amide bonds. The molecule has 0 fully saturated rings. The van der Waals surface area contributed by atoms with Crippen molar-refractivity contribution in [2.75, 3.05) is 25.6 Å². The second kappa shape index (κ2) is 8.14. The third kappa shape index (κ3) is 4.33. The van der Waals surface area contributed by atoms with E-state index in [9.17, 15) is 0 Å². The summed E-state index contributed by atoms with van der Waals surface area (Å²) in [5, 5.41) is 7.89. The SMILES string of the molecule is CCCC(CCC)c1cn(C)nc1NCCOC. The average molecular weight is 253 g/mol. The number of aromatic nitrogens is 2. The summed E-state index contributed by atoms with van der Waals surface area (Å²) in [6, 6.07) is 0. The predicted octanol–water partition coefficient (Wildman–Crippen LogP) is 3.16. The van der Waals surface area contributed by atoms with Crippen molar-refractivity contribution in [3.8, 4) is 0 Å². The highest BCUT2D eigenvalue weighted by Gasteiger charge is 2.17. The fourth-order valence-electron chi connectivity index (χ4n) is 2.37. The van der Waals surface area contributed by atoms with Crippen molar-refractivity contribution in [3.05, 3.63) is 11.8 Å². The first kappa shape index (κ1) is 15.0. The molecule has 0 unspecified atom stereocenters. The lowest BCUT2D eigenvalue weighted by atomic mass is 9.92. The minimum Gasteiger partial charge on any atom is -0.383 e. The molecule has 0 bridgehead atoms. The van der Waals surface area contributed by atoms with E-state index in [1.54, 1.807) is 7.11 Å². The summed E-state index contributed by atoms with van der Waals surface area (Å²) in [7, 11) is 3.71. The number of hydrogen-bond acceptors (Lipinski definition) is 3. The number of hydrogen-bond donors (Lipinski definition) is 1. The number of rotatable bonds is 9. The molecule has 0 atom stereocenters. The molecule has 0 radical (unpaired) electrons. The van der Waals surface area contributed by atoms with E-state index in [2.05, 4.69) is 30.5 Å². The van der Waals surface area contributed by atoms with Gasteiger partial charge in [-0.05, 0) is 18.8 Å². The molecule has 0 aromatic carbocycles. The fraction of sp³-hybridized carbons (Fsp3) is 0.786. The highest BCUT2D eigenvalue weighted by Crippen LogP contribution is 2.31. The Balaban J connectivity index is 2.76. The van der Waals surface area contributed by atoms with E-state index in [1.807, 2.05) is 11.7 Å². The van der Waals surface area contributed by atoms with E-state index < -0.39 is 0 Å². The topological polar surface area (TPSA) is 39.1 Å². The Hall–Kier alpha value is -1.03. The summed E-state index contributed by atoms with van der Waals surface area (Å²) < 4.78 is 6.97. The first-order valence-corrected chi connectivity index (χ1v) is 6.99. The standard InChI is InChI=1S/C14H27N3O/c1-5-7-12(8-6-2)13-11-17(3)16-14(13)15-9-10-18-4/h11-12H,5-10H2,1-4H3,(H,15,16). The molecule has 1 aromatic rings. The van der Waals surface area contributed by atoms with Gasteiger partial charge < -0.3 is 10.1 Å². The quantitative estimate of drug-likeness (QED) is 0.687. The first-order chi connectivity index (χ1) is 8.72. The van der Waals surface area contributed by atoms with E-state index in [0.29, 0.717) is 12.5 Å². The van der Waals surface area contributed by atoms with Gasteiger partial charge in [0.25, 0.3) is 0 Å². The van der Waals surface area contributed by atoms with Crippen LogP contribution in [-0.2, 0) is 11.8 Å². The molecule has 0 aliphatic carbocycles. The predicted molar refractivity (Wildman–Crippen MR) is 76.1 cm³/mol. The molecular formula is C14H27N3O. The zero-order chi connectivity index (χ0) is 13.4. The zero-order valence-electron chi connectivity index (χ0n) is 12.2. The molecule has 0 aliphatic rings. The van der Waals surface area contributed by atoms with Gasteiger partial charge in [-0.1, -0.05) is 26.7 Å². The monoisotopic (exact) mass is 253 g/mol. The lowest BCUT2D eigenvalue weighted by Crippen LogP contribution is -2.10. The maximum absolute atomic E-state index is 5.07. The summed E-state index contributed by atoms with van der Waals surface area (Å²) >= 11 is 0. The maximum atomic E-state index is 5.07. The van der Waals surface area contributed by atoms with E-state index in [4.69, 9.17) is 4.74 Å². The number of anilines is 1. The third-order valence-electron chi connectivity index (χ3n) is 3.17. The van der Waals surface area contributed by atoms with Crippen molar-refractivity contribution in [1.29, 1.82) is 0 Å². The Morgan fingerprint density at radius 1 is 1.33 bits per heavy atom. The maximum Gasteiger partial charge on any atom is 0.151 e. The van der Waals surface area contributed by atoms with Gasteiger partial charge in [0.05, 0.1) is 6.61 Å². The van der Waals surface area contributed by atoms with Crippen molar-refractivity contribution in [2.45, 2.75) is 45.4 Å². The summed E-state index contributed by atoms with van der Waals surface area (Å²) in [6.45, 7) is 6.02. The number of nitrogens with zero attached hydrogens (tertiary/aromatic N) is 2. The van der Waals surface area contributed by atoms with Crippen LogP contribution in [0.3, 0.4) is 0 Å². The van der Waals surface area contributed by atoms with Crippen molar-refractivity contribution < 1.29 is 4.74 Å². The first-order valence-electron chi connectivity index (χ1n) is 6.99. The van der Waals surface area contributed by atoms with Crippen molar-refractivity contribution >= 4 is 5.82 Å². The molecule has 0 spiro atoms. The minimum atomic E-state index is 0.624. The normalized spacial score (nSPS) is 11.2. The van der Waals surface area contributed by atoms with Crippen LogP contribution in [0.4, 0.5) is 5.82 Å². The second-order valence-electron chi connectivity index (χ2n) is 4.80. The molecule has 1 aromatic heterocycles. The lowest BCUT2D eigenvalue weighted by Gasteiger charge is -2.15. The summed E-state index contributed by atoms with van der Waals surface area (Å²) in [5.74, 6) is 1.65. The molecule has 1 rings (SSSR count). The van der Waals surface area contributed by atoms with Crippen LogP contribution in [0.2, 0.25) is 0 Å². The largest absolute Gasteiger partial charge is 0.383 e. The number of aryl methyl sites for hydroxylation is 1. The molecule has 0 aliphatic heterocycles. The van der Waals surface area contributed by atoms with Crippen LogP contribution in [0, 0.1) is 0 Å². The van der Waals surface area contributed by atoms with Gasteiger partial charge >= 0.3 is 0 Å². The zero-order valence-corrected chi connectivity index (χ0v) is 12.2. The molecule has 1 heterocycles. The van der Waals surface area contributed by atoms with Gasteiger partial charge in [0, 0.05) is 32.5 Å². The smallest absolute Gasteiger partial charge is 0.151 e. The van der Waals surface area contributed by atoms with Gasteiger partial charge in [-0.3, -0.25) is 4.68 Å². The van der Waals surface area contributed by atoms with Gasteiger partial charge in [0.2, 0.25) is 0 Å². The highest BCUT2D eigenvalue weighted by atomic mass is 16.5. The van der Waals surface area contributed by atoms with Crippen molar-refractivity contribution in [3.63, 3.8) is 0 Å². The summed E-state index contributed by atoms with van der Waals surface area (Å²) in [4.78, 5) is 0. The third-order valence-corrected chi connectivity index (χ3v) is 3.17. The molecule has 104 valence electrons.